The van der Waals surface area contributed by atoms with Gasteiger partial charge in [-0.1, -0.05) is 19.1 Å². The minimum atomic E-state index is -0.0953. The SMILES string of the molecule is COc1ccc(CC(=O)Nc2cc(N3CCC(C)CC3)ncn2)cc1. The van der Waals surface area contributed by atoms with Crippen LogP contribution in [-0.4, -0.2) is 36.1 Å². The largest absolute Gasteiger partial charge is 0.497 e. The molecule has 0 spiro atoms. The number of rotatable bonds is 5. The smallest absolute Gasteiger partial charge is 0.229 e. The molecule has 0 saturated carbocycles. The van der Waals surface area contributed by atoms with Crippen molar-refractivity contribution < 1.29 is 9.53 Å². The standard InChI is InChI=1S/C19H24N4O2/c1-14-7-9-23(10-8-14)18-12-17(20-13-21-18)22-19(24)11-15-3-5-16(25-2)6-4-15/h3-6,12-14H,7-11H2,1-2H3,(H,20,21,22,24). The predicted octanol–water partition coefficient (Wildman–Crippen LogP) is 2.90. The molecule has 132 valence electrons. The monoisotopic (exact) mass is 340 g/mol. The summed E-state index contributed by atoms with van der Waals surface area (Å²) in [5, 5.41) is 2.86. The molecule has 1 aliphatic rings. The first-order valence-corrected chi connectivity index (χ1v) is 8.64. The summed E-state index contributed by atoms with van der Waals surface area (Å²) in [6.45, 7) is 4.27. The third kappa shape index (κ3) is 4.68. The molecule has 0 radical (unpaired) electrons. The van der Waals surface area contributed by atoms with Crippen molar-refractivity contribution >= 4 is 17.5 Å². The molecule has 0 aliphatic carbocycles. The zero-order valence-electron chi connectivity index (χ0n) is 14.7. The Morgan fingerprint density at radius 2 is 1.96 bits per heavy atom. The zero-order valence-corrected chi connectivity index (χ0v) is 14.7. The molecule has 6 nitrogen and oxygen atoms in total. The fourth-order valence-corrected chi connectivity index (χ4v) is 2.94. The summed E-state index contributed by atoms with van der Waals surface area (Å²) in [4.78, 5) is 23.0. The van der Waals surface area contributed by atoms with E-state index in [9.17, 15) is 4.79 Å². The maximum absolute atomic E-state index is 12.3. The van der Waals surface area contributed by atoms with Gasteiger partial charge in [0.05, 0.1) is 13.5 Å². The summed E-state index contributed by atoms with van der Waals surface area (Å²) in [6.07, 6.45) is 4.15. The van der Waals surface area contributed by atoms with Crippen LogP contribution in [0.1, 0.15) is 25.3 Å². The first-order chi connectivity index (χ1) is 12.1. The Morgan fingerprint density at radius 1 is 1.24 bits per heavy atom. The number of nitrogens with one attached hydrogen (secondary N) is 1. The van der Waals surface area contributed by atoms with E-state index >= 15 is 0 Å². The van der Waals surface area contributed by atoms with Gasteiger partial charge in [0.15, 0.2) is 0 Å². The van der Waals surface area contributed by atoms with Crippen molar-refractivity contribution in [2.45, 2.75) is 26.2 Å². The Morgan fingerprint density at radius 3 is 2.64 bits per heavy atom. The molecule has 6 heteroatoms. The molecule has 1 saturated heterocycles. The highest BCUT2D eigenvalue weighted by atomic mass is 16.5. The second-order valence-corrected chi connectivity index (χ2v) is 6.50. The zero-order chi connectivity index (χ0) is 17.6. The number of piperidine rings is 1. The van der Waals surface area contributed by atoms with Gasteiger partial charge in [-0.15, -0.1) is 0 Å². The molecule has 0 bridgehead atoms. The molecule has 3 rings (SSSR count). The Bertz CT molecular complexity index is 710. The van der Waals surface area contributed by atoms with E-state index in [2.05, 4.69) is 27.1 Å². The van der Waals surface area contributed by atoms with E-state index in [-0.39, 0.29) is 5.91 Å². The average molecular weight is 340 g/mol. The van der Waals surface area contributed by atoms with Crippen LogP contribution >= 0.6 is 0 Å². The Hall–Kier alpha value is -2.63. The number of methoxy groups -OCH3 is 1. The maximum atomic E-state index is 12.3. The second kappa shape index (κ2) is 7.96. The lowest BCUT2D eigenvalue weighted by atomic mass is 9.99. The molecule has 1 fully saturated rings. The van der Waals surface area contributed by atoms with Gasteiger partial charge in [0.25, 0.3) is 0 Å². The Balaban J connectivity index is 1.60. The number of carbonyl (C=O) groups is 1. The lowest BCUT2D eigenvalue weighted by Crippen LogP contribution is -2.33. The molecular weight excluding hydrogens is 316 g/mol. The topological polar surface area (TPSA) is 67.3 Å². The van der Waals surface area contributed by atoms with Gasteiger partial charge in [-0.3, -0.25) is 4.79 Å². The number of amides is 1. The molecule has 1 aliphatic heterocycles. The van der Waals surface area contributed by atoms with Crippen molar-refractivity contribution in [3.8, 4) is 5.75 Å². The van der Waals surface area contributed by atoms with Crippen LogP contribution in [-0.2, 0) is 11.2 Å². The summed E-state index contributed by atoms with van der Waals surface area (Å²) in [5.41, 5.74) is 0.928. The molecule has 1 amide bonds. The van der Waals surface area contributed by atoms with E-state index < -0.39 is 0 Å². The molecular formula is C19H24N4O2. The number of nitrogens with zero attached hydrogens (tertiary/aromatic N) is 3. The molecule has 1 N–H and O–H groups in total. The molecule has 25 heavy (non-hydrogen) atoms. The molecule has 1 aromatic carbocycles. The van der Waals surface area contributed by atoms with Gasteiger partial charge in [0.1, 0.15) is 23.7 Å². The molecule has 2 heterocycles. The number of carbonyl (C=O) groups excluding carboxylic acids is 1. The third-order valence-corrected chi connectivity index (χ3v) is 4.55. The second-order valence-electron chi connectivity index (χ2n) is 6.50. The van der Waals surface area contributed by atoms with Crippen molar-refractivity contribution in [3.05, 3.63) is 42.2 Å². The summed E-state index contributed by atoms with van der Waals surface area (Å²) in [5.74, 6) is 2.87. The van der Waals surface area contributed by atoms with Crippen molar-refractivity contribution in [2.75, 3.05) is 30.4 Å². The van der Waals surface area contributed by atoms with Gasteiger partial charge in [0, 0.05) is 19.2 Å². The van der Waals surface area contributed by atoms with Crippen LogP contribution in [0.15, 0.2) is 36.7 Å². The van der Waals surface area contributed by atoms with Crippen LogP contribution in [0.3, 0.4) is 0 Å². The van der Waals surface area contributed by atoms with Gasteiger partial charge in [0.2, 0.25) is 5.91 Å². The number of benzene rings is 1. The Kier molecular flexibility index (Phi) is 5.48. The quantitative estimate of drug-likeness (QED) is 0.906. The van der Waals surface area contributed by atoms with E-state index in [4.69, 9.17) is 4.74 Å². The Labute approximate surface area is 148 Å². The van der Waals surface area contributed by atoms with E-state index in [1.54, 1.807) is 7.11 Å². The van der Waals surface area contributed by atoms with Crippen LogP contribution in [0, 0.1) is 5.92 Å². The maximum Gasteiger partial charge on any atom is 0.229 e. The number of anilines is 2. The predicted molar refractivity (Wildman–Crippen MR) is 98.0 cm³/mol. The van der Waals surface area contributed by atoms with Crippen LogP contribution in [0.4, 0.5) is 11.6 Å². The highest BCUT2D eigenvalue weighted by Gasteiger charge is 2.17. The highest BCUT2D eigenvalue weighted by Crippen LogP contribution is 2.22. The lowest BCUT2D eigenvalue weighted by molar-refractivity contribution is -0.115. The van der Waals surface area contributed by atoms with Crippen molar-refractivity contribution in [2.24, 2.45) is 5.92 Å². The molecule has 2 aromatic rings. The number of ether oxygens (including phenoxy) is 1. The minimum absolute atomic E-state index is 0.0953. The van der Waals surface area contributed by atoms with E-state index in [0.717, 1.165) is 36.1 Å². The molecule has 0 unspecified atom stereocenters. The van der Waals surface area contributed by atoms with Crippen LogP contribution in [0.25, 0.3) is 0 Å². The summed E-state index contributed by atoms with van der Waals surface area (Å²) >= 11 is 0. The number of aromatic nitrogens is 2. The van der Waals surface area contributed by atoms with Gasteiger partial charge in [-0.2, -0.15) is 0 Å². The highest BCUT2D eigenvalue weighted by molar-refractivity contribution is 5.91. The molecule has 0 atom stereocenters. The summed E-state index contributed by atoms with van der Waals surface area (Å²) in [6, 6.07) is 9.32. The first-order valence-electron chi connectivity index (χ1n) is 8.64. The lowest BCUT2D eigenvalue weighted by Gasteiger charge is -2.31. The van der Waals surface area contributed by atoms with Crippen LogP contribution < -0.4 is 15.0 Å². The number of hydrogen-bond donors (Lipinski definition) is 1. The van der Waals surface area contributed by atoms with Gasteiger partial charge in [-0.25, -0.2) is 9.97 Å². The third-order valence-electron chi connectivity index (χ3n) is 4.55. The first kappa shape index (κ1) is 17.2. The normalized spacial score (nSPS) is 15.0. The van der Waals surface area contributed by atoms with Gasteiger partial charge >= 0.3 is 0 Å². The number of hydrogen-bond acceptors (Lipinski definition) is 5. The van der Waals surface area contributed by atoms with Crippen LogP contribution in [0.5, 0.6) is 5.75 Å². The fraction of sp³-hybridized carbons (Fsp3) is 0.421. The van der Waals surface area contributed by atoms with E-state index in [0.29, 0.717) is 12.2 Å². The van der Waals surface area contributed by atoms with Gasteiger partial charge in [-0.05, 0) is 36.5 Å². The molecule has 1 aromatic heterocycles. The van der Waals surface area contributed by atoms with Crippen molar-refractivity contribution in [1.82, 2.24) is 9.97 Å². The van der Waals surface area contributed by atoms with Crippen molar-refractivity contribution in [3.63, 3.8) is 0 Å². The summed E-state index contributed by atoms with van der Waals surface area (Å²) < 4.78 is 5.13. The van der Waals surface area contributed by atoms with E-state index in [1.165, 1.54) is 19.2 Å². The summed E-state index contributed by atoms with van der Waals surface area (Å²) in [7, 11) is 1.62. The minimum Gasteiger partial charge on any atom is -0.497 e. The van der Waals surface area contributed by atoms with Gasteiger partial charge < -0.3 is 15.0 Å². The fourth-order valence-electron chi connectivity index (χ4n) is 2.94. The van der Waals surface area contributed by atoms with Crippen molar-refractivity contribution in [1.29, 1.82) is 0 Å². The van der Waals surface area contributed by atoms with Crippen LogP contribution in [0.2, 0.25) is 0 Å². The average Bonchev–Trinajstić information content (AvgIpc) is 2.63. The van der Waals surface area contributed by atoms with E-state index in [1.807, 2.05) is 30.3 Å².